The quantitative estimate of drug-likeness (QED) is 0.582. The zero-order valence-corrected chi connectivity index (χ0v) is 11.8. The smallest absolute Gasteiger partial charge is 0.353 e. The second kappa shape index (κ2) is 6.86. The van der Waals surface area contributed by atoms with Crippen LogP contribution in [0.5, 0.6) is 0 Å². The molecule has 0 radical (unpaired) electrons. The molecular formula is C12H21N5O2. The van der Waals surface area contributed by atoms with Gasteiger partial charge in [0.15, 0.2) is 0 Å². The molecule has 0 bridgehead atoms. The molecule has 19 heavy (non-hydrogen) atoms. The highest BCUT2D eigenvalue weighted by Gasteiger charge is 2.23. The van der Waals surface area contributed by atoms with Crippen LogP contribution in [0.2, 0.25) is 0 Å². The second-order valence-electron chi connectivity index (χ2n) is 4.88. The summed E-state index contributed by atoms with van der Waals surface area (Å²) in [5, 5.41) is 17.1. The largest absolute Gasteiger partial charge is 0.364 e. The van der Waals surface area contributed by atoms with Crippen LogP contribution in [0.4, 0.5) is 17.3 Å². The number of rotatable bonds is 7. The summed E-state index contributed by atoms with van der Waals surface area (Å²) in [6, 6.07) is 0.114. The van der Waals surface area contributed by atoms with Crippen LogP contribution in [0.15, 0.2) is 6.33 Å². The van der Waals surface area contributed by atoms with E-state index in [0.29, 0.717) is 12.5 Å². The predicted molar refractivity (Wildman–Crippen MR) is 75.4 cm³/mol. The zero-order valence-electron chi connectivity index (χ0n) is 11.8. The SMILES string of the molecule is CCNc1ncnc(NC(C)CC(C)C)c1[N+](=O)[O-]. The lowest BCUT2D eigenvalue weighted by atomic mass is 10.1. The van der Waals surface area contributed by atoms with Gasteiger partial charge in [-0.1, -0.05) is 13.8 Å². The first-order valence-corrected chi connectivity index (χ1v) is 6.45. The highest BCUT2D eigenvalue weighted by Crippen LogP contribution is 2.29. The van der Waals surface area contributed by atoms with E-state index < -0.39 is 4.92 Å². The third-order valence-electron chi connectivity index (χ3n) is 2.56. The summed E-state index contributed by atoms with van der Waals surface area (Å²) in [5.41, 5.74) is -0.0973. The molecule has 0 fully saturated rings. The molecule has 106 valence electrons. The van der Waals surface area contributed by atoms with Crippen LogP contribution in [-0.2, 0) is 0 Å². The van der Waals surface area contributed by atoms with E-state index in [2.05, 4.69) is 34.4 Å². The molecule has 0 saturated carbocycles. The predicted octanol–water partition coefficient (Wildman–Crippen LogP) is 2.66. The van der Waals surface area contributed by atoms with Gasteiger partial charge in [0.1, 0.15) is 6.33 Å². The summed E-state index contributed by atoms with van der Waals surface area (Å²) >= 11 is 0. The second-order valence-corrected chi connectivity index (χ2v) is 4.88. The van der Waals surface area contributed by atoms with Crippen molar-refractivity contribution in [2.75, 3.05) is 17.2 Å². The van der Waals surface area contributed by atoms with Crippen molar-refractivity contribution in [2.24, 2.45) is 5.92 Å². The summed E-state index contributed by atoms with van der Waals surface area (Å²) in [6.07, 6.45) is 2.24. The molecule has 7 nitrogen and oxygen atoms in total. The van der Waals surface area contributed by atoms with Crippen molar-refractivity contribution in [1.29, 1.82) is 0 Å². The van der Waals surface area contributed by atoms with E-state index >= 15 is 0 Å². The third-order valence-corrected chi connectivity index (χ3v) is 2.56. The van der Waals surface area contributed by atoms with Crippen molar-refractivity contribution < 1.29 is 4.92 Å². The lowest BCUT2D eigenvalue weighted by Gasteiger charge is -2.16. The Bertz CT molecular complexity index is 436. The van der Waals surface area contributed by atoms with Gasteiger partial charge in [0.05, 0.1) is 4.92 Å². The lowest BCUT2D eigenvalue weighted by Crippen LogP contribution is -2.20. The maximum absolute atomic E-state index is 11.2. The van der Waals surface area contributed by atoms with Crippen LogP contribution in [0.1, 0.15) is 34.1 Å². The van der Waals surface area contributed by atoms with Crippen molar-refractivity contribution >= 4 is 17.3 Å². The van der Waals surface area contributed by atoms with E-state index in [0.717, 1.165) is 6.42 Å². The first-order chi connectivity index (χ1) is 8.95. The van der Waals surface area contributed by atoms with Crippen LogP contribution in [-0.4, -0.2) is 27.5 Å². The molecule has 1 aromatic heterocycles. The molecule has 0 aliphatic heterocycles. The minimum absolute atomic E-state index is 0.0973. The molecule has 1 atom stereocenters. The zero-order chi connectivity index (χ0) is 14.4. The van der Waals surface area contributed by atoms with Crippen molar-refractivity contribution in [3.8, 4) is 0 Å². The van der Waals surface area contributed by atoms with E-state index in [1.54, 1.807) is 0 Å². The van der Waals surface area contributed by atoms with E-state index in [-0.39, 0.29) is 23.4 Å². The summed E-state index contributed by atoms with van der Waals surface area (Å²) < 4.78 is 0. The molecule has 2 N–H and O–H groups in total. The highest BCUT2D eigenvalue weighted by molar-refractivity contribution is 5.69. The van der Waals surface area contributed by atoms with E-state index in [1.807, 2.05) is 13.8 Å². The molecule has 0 aromatic carbocycles. The molecule has 1 heterocycles. The van der Waals surface area contributed by atoms with Crippen LogP contribution in [0.25, 0.3) is 0 Å². The van der Waals surface area contributed by atoms with E-state index in [9.17, 15) is 10.1 Å². The average Bonchev–Trinajstić information content (AvgIpc) is 2.27. The molecule has 0 amide bonds. The number of nitrogens with zero attached hydrogens (tertiary/aromatic N) is 3. The monoisotopic (exact) mass is 267 g/mol. The lowest BCUT2D eigenvalue weighted by molar-refractivity contribution is -0.383. The van der Waals surface area contributed by atoms with Gasteiger partial charge in [-0.15, -0.1) is 0 Å². The number of nitro groups is 1. The van der Waals surface area contributed by atoms with Gasteiger partial charge in [-0.25, -0.2) is 9.97 Å². The minimum Gasteiger partial charge on any atom is -0.364 e. The van der Waals surface area contributed by atoms with Crippen LogP contribution in [0.3, 0.4) is 0 Å². The summed E-state index contributed by atoms with van der Waals surface area (Å²) in [4.78, 5) is 18.6. The summed E-state index contributed by atoms with van der Waals surface area (Å²) in [7, 11) is 0. The van der Waals surface area contributed by atoms with Gasteiger partial charge in [0.25, 0.3) is 0 Å². The van der Waals surface area contributed by atoms with Gasteiger partial charge in [-0.05, 0) is 26.2 Å². The maximum Gasteiger partial charge on any atom is 0.353 e. The third kappa shape index (κ3) is 4.35. The Labute approximate surface area is 113 Å². The van der Waals surface area contributed by atoms with Crippen LogP contribution in [0, 0.1) is 16.0 Å². The molecule has 0 aliphatic carbocycles. The molecule has 1 aromatic rings. The highest BCUT2D eigenvalue weighted by atomic mass is 16.6. The van der Waals surface area contributed by atoms with E-state index in [4.69, 9.17) is 0 Å². The van der Waals surface area contributed by atoms with Crippen molar-refractivity contribution in [1.82, 2.24) is 9.97 Å². The fourth-order valence-corrected chi connectivity index (χ4v) is 1.95. The Morgan fingerprint density at radius 1 is 1.32 bits per heavy atom. The van der Waals surface area contributed by atoms with Crippen molar-refractivity contribution in [3.63, 3.8) is 0 Å². The molecule has 0 spiro atoms. The topological polar surface area (TPSA) is 93.0 Å². The Balaban J connectivity index is 2.99. The molecule has 7 heteroatoms. The van der Waals surface area contributed by atoms with Gasteiger partial charge in [-0.2, -0.15) is 0 Å². The van der Waals surface area contributed by atoms with Gasteiger partial charge in [0.2, 0.25) is 11.6 Å². The van der Waals surface area contributed by atoms with Gasteiger partial charge < -0.3 is 10.6 Å². The summed E-state index contributed by atoms with van der Waals surface area (Å²) in [6.45, 7) is 8.63. The number of nitrogens with one attached hydrogen (secondary N) is 2. The first-order valence-electron chi connectivity index (χ1n) is 6.45. The number of aromatic nitrogens is 2. The van der Waals surface area contributed by atoms with Crippen molar-refractivity contribution in [3.05, 3.63) is 16.4 Å². The number of anilines is 2. The Hall–Kier alpha value is -1.92. The van der Waals surface area contributed by atoms with Crippen LogP contribution >= 0.6 is 0 Å². The fraction of sp³-hybridized carbons (Fsp3) is 0.667. The van der Waals surface area contributed by atoms with Gasteiger partial charge >= 0.3 is 5.69 Å². The molecule has 1 unspecified atom stereocenters. The number of hydrogen-bond acceptors (Lipinski definition) is 6. The van der Waals surface area contributed by atoms with Crippen molar-refractivity contribution in [2.45, 2.75) is 40.2 Å². The Morgan fingerprint density at radius 3 is 2.47 bits per heavy atom. The summed E-state index contributed by atoms with van der Waals surface area (Å²) in [5.74, 6) is 1.03. The molecule has 0 aliphatic rings. The number of hydrogen-bond donors (Lipinski definition) is 2. The minimum atomic E-state index is -0.456. The molecule has 1 rings (SSSR count). The normalized spacial score (nSPS) is 12.3. The Morgan fingerprint density at radius 2 is 1.95 bits per heavy atom. The van der Waals surface area contributed by atoms with Gasteiger partial charge in [-0.3, -0.25) is 10.1 Å². The Kier molecular flexibility index (Phi) is 5.47. The average molecular weight is 267 g/mol. The standard InChI is InChI=1S/C12H21N5O2/c1-5-13-11-10(17(18)19)12(15-7-14-11)16-9(4)6-8(2)3/h7-9H,5-6H2,1-4H3,(H2,13,14,15,16). The molecule has 0 saturated heterocycles. The maximum atomic E-state index is 11.2. The fourth-order valence-electron chi connectivity index (χ4n) is 1.95. The van der Waals surface area contributed by atoms with Gasteiger partial charge in [0, 0.05) is 12.6 Å². The van der Waals surface area contributed by atoms with Crippen LogP contribution < -0.4 is 10.6 Å². The van der Waals surface area contributed by atoms with E-state index in [1.165, 1.54) is 6.33 Å². The molecular weight excluding hydrogens is 246 g/mol. The first kappa shape index (κ1) is 15.1.